The summed E-state index contributed by atoms with van der Waals surface area (Å²) in [6.45, 7) is 1.07. The fraction of sp³-hybridized carbons (Fsp3) is 0.312. The van der Waals surface area contributed by atoms with Crippen molar-refractivity contribution in [2.45, 2.75) is 29.6 Å². The van der Waals surface area contributed by atoms with Crippen molar-refractivity contribution in [3.05, 3.63) is 33.4 Å². The van der Waals surface area contributed by atoms with Gasteiger partial charge in [0.25, 0.3) is 5.92 Å². The highest BCUT2D eigenvalue weighted by Crippen LogP contribution is 3.02. The van der Waals surface area contributed by atoms with Gasteiger partial charge in [-0.25, -0.2) is 13.5 Å². The zero-order chi connectivity index (χ0) is 24.6. The first-order chi connectivity index (χ1) is 14.3. The Labute approximate surface area is 185 Å². The predicted octanol–water partition coefficient (Wildman–Crippen LogP) is 6.13. The van der Waals surface area contributed by atoms with Crippen LogP contribution in [0.25, 0.3) is 5.69 Å². The maximum Gasteiger partial charge on any atom is 0.323 e. The van der Waals surface area contributed by atoms with Gasteiger partial charge in [-0.05, 0) is 19.1 Å². The highest BCUT2D eigenvalue weighted by Gasteiger charge is 2.79. The zero-order valence-electron chi connectivity index (χ0n) is 15.6. The molecule has 1 aromatic heterocycles. The molecule has 0 spiro atoms. The lowest BCUT2D eigenvalue weighted by Gasteiger charge is -2.40. The monoisotopic (exact) mass is 526 g/mol. The maximum atomic E-state index is 14.3. The average molecular weight is 527 g/mol. The number of carbonyl (C=O) groups is 1. The van der Waals surface area contributed by atoms with E-state index >= 15 is 0 Å². The average Bonchev–Trinajstić information content (AvgIpc) is 3.04. The van der Waals surface area contributed by atoms with Crippen molar-refractivity contribution in [1.29, 1.82) is 5.26 Å². The van der Waals surface area contributed by atoms with E-state index in [0.717, 1.165) is 0 Å². The smallest absolute Gasteiger partial charge is 0.323 e. The third kappa shape index (κ3) is 3.61. The van der Waals surface area contributed by atoms with Crippen LogP contribution in [0.15, 0.2) is 17.0 Å². The summed E-state index contributed by atoms with van der Waals surface area (Å²) in [6.07, 6.45) is -1.08. The number of nitrogens with zero attached hydrogens (tertiary/aromatic N) is 3. The fourth-order valence-electron chi connectivity index (χ4n) is 3.21. The quantitative estimate of drug-likeness (QED) is 0.373. The Kier molecular flexibility index (Phi) is 4.82. The van der Waals surface area contributed by atoms with Crippen LogP contribution in [0.4, 0.5) is 34.0 Å². The standard InChI is InChI=1S/C16H11Cl2F7N4O2S/c1-2-31-14(30)15(6-16(15,19)20)11-10(5-26)28-29(13(11)27)12-8(17)3-7(4-9(12)18)32(21,22,23,24)25/h3-4H,2,6,27H2,1H3. The number of esters is 1. The topological polar surface area (TPSA) is 93.9 Å². The molecule has 1 aliphatic carbocycles. The lowest BCUT2D eigenvalue weighted by atomic mass is 9.94. The van der Waals surface area contributed by atoms with Crippen molar-refractivity contribution in [3.8, 4) is 11.8 Å². The lowest BCUT2D eigenvalue weighted by molar-refractivity contribution is -0.149. The van der Waals surface area contributed by atoms with Crippen molar-refractivity contribution in [2.24, 2.45) is 0 Å². The van der Waals surface area contributed by atoms with E-state index < -0.39 is 71.7 Å². The Morgan fingerprint density at radius 2 is 1.78 bits per heavy atom. The largest absolute Gasteiger partial charge is 0.465 e. The minimum absolute atomic E-state index is 0.135. The Bertz CT molecular complexity index is 1190. The van der Waals surface area contributed by atoms with Crippen molar-refractivity contribution in [3.63, 3.8) is 0 Å². The summed E-state index contributed by atoms with van der Waals surface area (Å²) in [5.74, 6) is -5.86. The molecule has 176 valence electrons. The second kappa shape index (κ2) is 6.36. The molecule has 1 fully saturated rings. The van der Waals surface area contributed by atoms with Crippen molar-refractivity contribution in [1.82, 2.24) is 9.78 Å². The number of nitrogens with two attached hydrogens (primary N) is 1. The van der Waals surface area contributed by atoms with Gasteiger partial charge in [-0.1, -0.05) is 42.6 Å². The highest BCUT2D eigenvalue weighted by molar-refractivity contribution is 8.45. The molecule has 32 heavy (non-hydrogen) atoms. The Morgan fingerprint density at radius 3 is 2.16 bits per heavy atom. The van der Waals surface area contributed by atoms with Crippen LogP contribution in [-0.2, 0) is 14.9 Å². The summed E-state index contributed by atoms with van der Waals surface area (Å²) in [5, 5.41) is 10.9. The predicted molar refractivity (Wildman–Crippen MR) is 102 cm³/mol. The van der Waals surface area contributed by atoms with Crippen LogP contribution < -0.4 is 5.73 Å². The van der Waals surface area contributed by atoms with E-state index in [1.54, 1.807) is 0 Å². The van der Waals surface area contributed by atoms with Gasteiger partial charge in [0.1, 0.15) is 22.5 Å². The van der Waals surface area contributed by atoms with Crippen LogP contribution in [0.1, 0.15) is 24.6 Å². The van der Waals surface area contributed by atoms with Crippen LogP contribution >= 0.6 is 33.4 Å². The number of carbonyl (C=O) groups excluding carboxylic acids is 1. The number of ether oxygens (including phenoxy) is 1. The van der Waals surface area contributed by atoms with Gasteiger partial charge in [0.05, 0.1) is 22.2 Å². The molecule has 1 aliphatic rings. The van der Waals surface area contributed by atoms with Gasteiger partial charge in [0, 0.05) is 6.42 Å². The van der Waals surface area contributed by atoms with E-state index in [9.17, 15) is 38.3 Å². The van der Waals surface area contributed by atoms with Crippen LogP contribution in [0.2, 0.25) is 10.0 Å². The molecule has 1 atom stereocenters. The van der Waals surface area contributed by atoms with Gasteiger partial charge in [-0.3, -0.25) is 4.79 Å². The summed E-state index contributed by atoms with van der Waals surface area (Å²) in [5.41, 5.74) is 0.950. The number of nitriles is 1. The summed E-state index contributed by atoms with van der Waals surface area (Å²) in [7, 11) is -10.2. The number of halogens is 9. The molecule has 1 saturated carbocycles. The number of hydrogen-bond donors (Lipinski definition) is 1. The highest BCUT2D eigenvalue weighted by atomic mass is 35.5. The normalized spacial score (nSPS) is 21.9. The molecule has 2 N–H and O–H groups in total. The molecular formula is C16H11Cl2F7N4O2S. The molecule has 0 aliphatic heterocycles. The summed E-state index contributed by atoms with van der Waals surface area (Å²) >= 11 is 11.5. The Balaban J connectivity index is 2.28. The second-order valence-electron chi connectivity index (χ2n) is 6.84. The third-order valence-corrected chi connectivity index (χ3v) is 6.41. The van der Waals surface area contributed by atoms with E-state index in [0.29, 0.717) is 4.68 Å². The molecule has 1 aromatic carbocycles. The van der Waals surface area contributed by atoms with Gasteiger partial charge in [-0.2, -0.15) is 10.4 Å². The van der Waals surface area contributed by atoms with E-state index in [4.69, 9.17) is 28.9 Å². The van der Waals surface area contributed by atoms with E-state index in [1.807, 2.05) is 0 Å². The van der Waals surface area contributed by atoms with Gasteiger partial charge >= 0.3 is 16.2 Å². The minimum Gasteiger partial charge on any atom is -0.465 e. The first kappa shape index (κ1) is 24.3. The summed E-state index contributed by atoms with van der Waals surface area (Å²) < 4.78 is 99.2. The molecule has 1 unspecified atom stereocenters. The van der Waals surface area contributed by atoms with Crippen molar-refractivity contribution < 1.29 is 37.7 Å². The molecule has 16 heteroatoms. The van der Waals surface area contributed by atoms with Gasteiger partial charge in [-0.15, -0.1) is 0 Å². The first-order valence-corrected chi connectivity index (χ1v) is 11.1. The molecule has 6 nitrogen and oxygen atoms in total. The molecule has 2 aromatic rings. The molecule has 1 heterocycles. The number of alkyl halides is 2. The fourth-order valence-corrected chi connectivity index (χ4v) is 4.66. The summed E-state index contributed by atoms with van der Waals surface area (Å²) in [4.78, 5) is 9.90. The lowest BCUT2D eigenvalue weighted by Crippen LogP contribution is -2.31. The zero-order valence-corrected chi connectivity index (χ0v) is 17.9. The van der Waals surface area contributed by atoms with Crippen molar-refractivity contribution >= 4 is 45.2 Å². The number of hydrogen-bond acceptors (Lipinski definition) is 5. The number of rotatable bonds is 5. The molecule has 0 saturated heterocycles. The molecule has 0 bridgehead atoms. The van der Waals surface area contributed by atoms with Crippen LogP contribution in [0, 0.1) is 11.3 Å². The first-order valence-electron chi connectivity index (χ1n) is 8.38. The molecular weight excluding hydrogens is 516 g/mol. The van der Waals surface area contributed by atoms with Crippen molar-refractivity contribution in [2.75, 3.05) is 12.3 Å². The van der Waals surface area contributed by atoms with E-state index in [1.165, 1.54) is 13.0 Å². The third-order valence-electron chi connectivity index (χ3n) is 4.71. The van der Waals surface area contributed by atoms with Gasteiger partial charge < -0.3 is 10.5 Å². The van der Waals surface area contributed by atoms with E-state index in [-0.39, 0.29) is 18.7 Å². The SMILES string of the molecule is CCOC(=O)C1(c2c(C#N)nn(-c3c(Cl)cc(S(F)(F)(F)(F)F)cc3Cl)c2N)CC1(F)F. The maximum absolute atomic E-state index is 14.3. The number of aromatic nitrogens is 2. The molecule has 0 amide bonds. The number of nitrogen functional groups attached to an aromatic ring is 1. The Morgan fingerprint density at radius 1 is 1.28 bits per heavy atom. The van der Waals surface area contributed by atoms with Crippen LogP contribution in [0.3, 0.4) is 0 Å². The van der Waals surface area contributed by atoms with Gasteiger partial charge in [0.2, 0.25) is 0 Å². The minimum atomic E-state index is -10.2. The summed E-state index contributed by atoms with van der Waals surface area (Å²) in [6, 6.07) is 1.19. The Hall–Kier alpha value is -2.37. The number of benzene rings is 1. The van der Waals surface area contributed by atoms with Gasteiger partial charge in [0.15, 0.2) is 11.1 Å². The molecule has 0 radical (unpaired) electrons. The van der Waals surface area contributed by atoms with Crippen LogP contribution in [-0.4, -0.2) is 28.3 Å². The van der Waals surface area contributed by atoms with E-state index in [2.05, 4.69) is 9.84 Å². The second-order valence-corrected chi connectivity index (χ2v) is 10.1. The molecule has 3 rings (SSSR count). The van der Waals surface area contributed by atoms with Crippen LogP contribution in [0.5, 0.6) is 0 Å². The number of anilines is 1.